The lowest BCUT2D eigenvalue weighted by Crippen LogP contribution is -2.27. The minimum atomic E-state index is -4.66. The first-order valence-electron chi connectivity index (χ1n) is 4.85. The maximum atomic E-state index is 11.7. The molecular weight excluding hydrogens is 257 g/mol. The number of carbonyl (C=O) groups excluding carboxylic acids is 2. The number of ether oxygens (including phenoxy) is 2. The smallest absolute Gasteiger partial charge is 0.399 e. The van der Waals surface area contributed by atoms with Crippen molar-refractivity contribution in [3.8, 4) is 0 Å². The molecule has 0 fully saturated rings. The van der Waals surface area contributed by atoms with E-state index in [9.17, 15) is 22.8 Å². The van der Waals surface area contributed by atoms with Gasteiger partial charge in [-0.15, -0.1) is 0 Å². The molecule has 0 aromatic rings. The van der Waals surface area contributed by atoms with E-state index in [0.717, 1.165) is 0 Å². The zero-order valence-corrected chi connectivity index (χ0v) is 9.62. The lowest BCUT2D eigenvalue weighted by Gasteiger charge is -2.12. The van der Waals surface area contributed by atoms with Crippen molar-refractivity contribution in [1.82, 2.24) is 0 Å². The minimum absolute atomic E-state index is 0.108. The van der Waals surface area contributed by atoms with Gasteiger partial charge in [-0.05, 0) is 6.92 Å². The Morgan fingerprint density at radius 2 is 1.78 bits per heavy atom. The highest BCUT2D eigenvalue weighted by Crippen LogP contribution is 2.19. The fraction of sp³-hybridized carbons (Fsp3) is 0.600. The van der Waals surface area contributed by atoms with Gasteiger partial charge in [-0.3, -0.25) is 4.79 Å². The summed E-state index contributed by atoms with van der Waals surface area (Å²) in [5.41, 5.74) is 0.108. The van der Waals surface area contributed by atoms with Gasteiger partial charge in [0.1, 0.15) is 25.7 Å². The van der Waals surface area contributed by atoms with E-state index in [1.54, 1.807) is 0 Å². The van der Waals surface area contributed by atoms with E-state index in [-0.39, 0.29) is 5.57 Å². The molecule has 0 heterocycles. The SMILES string of the molecule is C=C(C)C(=O)OCC(O)COC(=O)CC(F)(F)F. The van der Waals surface area contributed by atoms with Crippen molar-refractivity contribution in [2.75, 3.05) is 13.2 Å². The minimum Gasteiger partial charge on any atom is -0.463 e. The van der Waals surface area contributed by atoms with Crippen molar-refractivity contribution >= 4 is 11.9 Å². The van der Waals surface area contributed by atoms with Gasteiger partial charge in [0, 0.05) is 5.57 Å². The van der Waals surface area contributed by atoms with E-state index < -0.39 is 43.9 Å². The first kappa shape index (κ1) is 16.4. The standard InChI is InChI=1S/C10H13F3O5/c1-6(2)9(16)18-5-7(14)4-17-8(15)3-10(11,12)13/h7,14H,1,3-5H2,2H3. The van der Waals surface area contributed by atoms with Crippen LogP contribution in [0.4, 0.5) is 13.2 Å². The zero-order chi connectivity index (χ0) is 14.3. The van der Waals surface area contributed by atoms with Gasteiger partial charge < -0.3 is 14.6 Å². The van der Waals surface area contributed by atoms with E-state index in [4.69, 9.17) is 5.11 Å². The molecule has 0 aromatic carbocycles. The van der Waals surface area contributed by atoms with Crippen LogP contribution in [0.3, 0.4) is 0 Å². The molecule has 0 bridgehead atoms. The lowest BCUT2D eigenvalue weighted by molar-refractivity contribution is -0.174. The van der Waals surface area contributed by atoms with Crippen LogP contribution >= 0.6 is 0 Å². The van der Waals surface area contributed by atoms with Gasteiger partial charge in [0.2, 0.25) is 0 Å². The van der Waals surface area contributed by atoms with Gasteiger partial charge in [-0.2, -0.15) is 13.2 Å². The third kappa shape index (κ3) is 8.57. The lowest BCUT2D eigenvalue weighted by atomic mass is 10.3. The number of rotatable bonds is 6. The van der Waals surface area contributed by atoms with Crippen LogP contribution in [0.2, 0.25) is 0 Å². The molecule has 0 spiro atoms. The molecule has 1 N–H and O–H groups in total. The van der Waals surface area contributed by atoms with Crippen molar-refractivity contribution in [3.63, 3.8) is 0 Å². The van der Waals surface area contributed by atoms with Gasteiger partial charge in [0.15, 0.2) is 0 Å². The summed E-state index contributed by atoms with van der Waals surface area (Å²) in [6.45, 7) is 3.49. The van der Waals surface area contributed by atoms with E-state index in [0.29, 0.717) is 0 Å². The second-order valence-corrected chi connectivity index (χ2v) is 3.51. The Balaban J connectivity index is 3.84. The zero-order valence-electron chi connectivity index (χ0n) is 9.62. The maximum Gasteiger partial charge on any atom is 0.399 e. The molecule has 8 heteroatoms. The fourth-order valence-electron chi connectivity index (χ4n) is 0.747. The van der Waals surface area contributed by atoms with Crippen molar-refractivity contribution in [3.05, 3.63) is 12.2 Å². The number of esters is 2. The Bertz CT molecular complexity index is 324. The van der Waals surface area contributed by atoms with Gasteiger partial charge in [0.25, 0.3) is 0 Å². The molecule has 0 rings (SSSR count). The summed E-state index contributed by atoms with van der Waals surface area (Å²) in [6.07, 6.45) is -7.77. The van der Waals surface area contributed by atoms with E-state index >= 15 is 0 Å². The highest BCUT2D eigenvalue weighted by Gasteiger charge is 2.32. The molecule has 104 valence electrons. The maximum absolute atomic E-state index is 11.7. The second kappa shape index (κ2) is 7.00. The second-order valence-electron chi connectivity index (χ2n) is 3.51. The molecule has 0 aliphatic rings. The van der Waals surface area contributed by atoms with Crippen molar-refractivity contribution < 1.29 is 37.3 Å². The molecule has 0 radical (unpaired) electrons. The van der Waals surface area contributed by atoms with Gasteiger partial charge >= 0.3 is 18.1 Å². The summed E-state index contributed by atoms with van der Waals surface area (Å²) in [5.74, 6) is -2.26. The normalized spacial score (nSPS) is 12.7. The molecule has 0 aliphatic carbocycles. The molecule has 0 amide bonds. The predicted octanol–water partition coefficient (Wildman–Crippen LogP) is 0.962. The van der Waals surface area contributed by atoms with Crippen molar-refractivity contribution in [2.24, 2.45) is 0 Å². The van der Waals surface area contributed by atoms with Crippen LogP contribution in [-0.2, 0) is 19.1 Å². The van der Waals surface area contributed by atoms with E-state index in [1.807, 2.05) is 0 Å². The predicted molar refractivity (Wildman–Crippen MR) is 53.4 cm³/mol. The van der Waals surface area contributed by atoms with Crippen LogP contribution in [0.1, 0.15) is 13.3 Å². The first-order valence-corrected chi connectivity index (χ1v) is 4.85. The van der Waals surface area contributed by atoms with Crippen molar-refractivity contribution in [2.45, 2.75) is 25.6 Å². The largest absolute Gasteiger partial charge is 0.463 e. The Morgan fingerprint density at radius 1 is 1.28 bits per heavy atom. The third-order valence-electron chi connectivity index (χ3n) is 1.54. The van der Waals surface area contributed by atoms with Crippen LogP contribution in [0, 0.1) is 0 Å². The van der Waals surface area contributed by atoms with Gasteiger partial charge in [-0.25, -0.2) is 4.79 Å². The number of carbonyl (C=O) groups is 2. The van der Waals surface area contributed by atoms with E-state index in [2.05, 4.69) is 16.1 Å². The molecule has 0 aliphatic heterocycles. The Kier molecular flexibility index (Phi) is 6.39. The summed E-state index contributed by atoms with van der Waals surface area (Å²) in [7, 11) is 0. The summed E-state index contributed by atoms with van der Waals surface area (Å²) in [4.78, 5) is 21.5. The third-order valence-corrected chi connectivity index (χ3v) is 1.54. The Labute approximate surface area is 101 Å². The number of aliphatic hydroxyl groups is 1. The van der Waals surface area contributed by atoms with Gasteiger partial charge in [-0.1, -0.05) is 6.58 Å². The number of hydrogen-bond donors (Lipinski definition) is 1. The van der Waals surface area contributed by atoms with E-state index in [1.165, 1.54) is 6.92 Å². The fourth-order valence-corrected chi connectivity index (χ4v) is 0.747. The summed E-state index contributed by atoms with van der Waals surface area (Å²) in [6, 6.07) is 0. The molecule has 1 unspecified atom stereocenters. The summed E-state index contributed by atoms with van der Waals surface area (Å²) in [5, 5.41) is 9.16. The molecule has 0 saturated carbocycles. The summed E-state index contributed by atoms with van der Waals surface area (Å²) < 4.78 is 43.8. The topological polar surface area (TPSA) is 72.8 Å². The number of hydrogen-bond acceptors (Lipinski definition) is 5. The number of alkyl halides is 3. The van der Waals surface area contributed by atoms with Crippen LogP contribution in [0.25, 0.3) is 0 Å². The van der Waals surface area contributed by atoms with Crippen LogP contribution in [-0.4, -0.2) is 42.5 Å². The van der Waals surface area contributed by atoms with Gasteiger partial charge in [0.05, 0.1) is 0 Å². The molecule has 1 atom stereocenters. The number of halogens is 3. The first-order chi connectivity index (χ1) is 8.11. The molecule has 18 heavy (non-hydrogen) atoms. The number of aliphatic hydroxyl groups excluding tert-OH is 1. The van der Waals surface area contributed by atoms with Crippen LogP contribution < -0.4 is 0 Å². The Hall–Kier alpha value is -1.57. The molecule has 0 saturated heterocycles. The average molecular weight is 270 g/mol. The average Bonchev–Trinajstić information content (AvgIpc) is 2.20. The molecule has 0 aromatic heterocycles. The summed E-state index contributed by atoms with van der Waals surface area (Å²) >= 11 is 0. The monoisotopic (exact) mass is 270 g/mol. The van der Waals surface area contributed by atoms with Crippen LogP contribution in [0.5, 0.6) is 0 Å². The van der Waals surface area contributed by atoms with Crippen LogP contribution in [0.15, 0.2) is 12.2 Å². The highest BCUT2D eigenvalue weighted by molar-refractivity contribution is 5.86. The van der Waals surface area contributed by atoms with Crippen molar-refractivity contribution in [1.29, 1.82) is 0 Å². The molecule has 5 nitrogen and oxygen atoms in total. The quantitative estimate of drug-likeness (QED) is 0.575. The highest BCUT2D eigenvalue weighted by atomic mass is 19.4. The Morgan fingerprint density at radius 3 is 2.22 bits per heavy atom. The molecular formula is C10H13F3O5.